The summed E-state index contributed by atoms with van der Waals surface area (Å²) in [5.74, 6) is -0.964. The molecule has 0 aliphatic carbocycles. The number of carbonyl (C=O) groups is 2. The van der Waals surface area contributed by atoms with Gasteiger partial charge in [0.2, 0.25) is 0 Å². The first-order chi connectivity index (χ1) is 14.5. The van der Waals surface area contributed by atoms with Crippen LogP contribution in [0.4, 0.5) is 10.1 Å². The summed E-state index contributed by atoms with van der Waals surface area (Å²) in [5.41, 5.74) is 2.15. The van der Waals surface area contributed by atoms with Crippen molar-refractivity contribution in [1.82, 2.24) is 15.0 Å². The van der Waals surface area contributed by atoms with E-state index in [0.29, 0.717) is 23.3 Å². The number of nitrogens with one attached hydrogen (secondary N) is 2. The Morgan fingerprint density at radius 1 is 1.23 bits per heavy atom. The third-order valence-electron chi connectivity index (χ3n) is 5.46. The topological polar surface area (TPSA) is 90.5 Å². The molecular weight excluding hydrogens is 389 g/mol. The van der Waals surface area contributed by atoms with Gasteiger partial charge in [-0.25, -0.2) is 13.9 Å². The van der Waals surface area contributed by atoms with Crippen LogP contribution in [0.3, 0.4) is 0 Å². The molecule has 0 radical (unpaired) electrons. The van der Waals surface area contributed by atoms with Crippen molar-refractivity contribution in [3.63, 3.8) is 0 Å². The molecule has 0 bridgehead atoms. The average molecular weight is 412 g/mol. The number of fused-ring (bicyclic) bond motifs is 1. The quantitative estimate of drug-likeness (QED) is 0.615. The summed E-state index contributed by atoms with van der Waals surface area (Å²) >= 11 is 0. The fourth-order valence-electron chi connectivity index (χ4n) is 3.92. The van der Waals surface area contributed by atoms with E-state index in [-0.39, 0.29) is 17.8 Å². The second kappa shape index (κ2) is 8.58. The van der Waals surface area contributed by atoms with Crippen molar-refractivity contribution in [3.8, 4) is 0 Å². The first-order valence-corrected chi connectivity index (χ1v) is 9.86. The third-order valence-corrected chi connectivity index (χ3v) is 5.46. The number of halogens is 1. The van der Waals surface area contributed by atoms with Gasteiger partial charge in [-0.1, -0.05) is 17.3 Å². The first-order valence-electron chi connectivity index (χ1n) is 9.86. The highest BCUT2D eigenvalue weighted by Crippen LogP contribution is 2.22. The van der Waals surface area contributed by atoms with Gasteiger partial charge in [-0.2, -0.15) is 0 Å². The zero-order chi connectivity index (χ0) is 21.1. The largest absolute Gasteiger partial charge is 0.465 e. The van der Waals surface area contributed by atoms with E-state index in [2.05, 4.69) is 15.6 Å². The van der Waals surface area contributed by atoms with Crippen LogP contribution in [-0.4, -0.2) is 53.6 Å². The molecule has 2 N–H and O–H groups in total. The molecule has 2 aromatic carbocycles. The van der Waals surface area contributed by atoms with Crippen LogP contribution in [0.2, 0.25) is 0 Å². The number of amides is 1. The number of methoxy groups -OCH3 is 1. The summed E-state index contributed by atoms with van der Waals surface area (Å²) < 4.78 is 20.0. The summed E-state index contributed by atoms with van der Waals surface area (Å²) in [6.07, 6.45) is 1.69. The van der Waals surface area contributed by atoms with Crippen LogP contribution in [0.15, 0.2) is 42.5 Å². The van der Waals surface area contributed by atoms with Crippen LogP contribution in [0.5, 0.6) is 0 Å². The smallest absolute Gasteiger partial charge is 0.339 e. The molecule has 156 valence electrons. The van der Waals surface area contributed by atoms with E-state index >= 15 is 0 Å². The van der Waals surface area contributed by atoms with Gasteiger partial charge < -0.3 is 15.0 Å². The number of nitrogens with zero attached hydrogens (tertiary/aromatic N) is 3. The van der Waals surface area contributed by atoms with Gasteiger partial charge in [-0.3, -0.25) is 4.79 Å². The second-order valence-electron chi connectivity index (χ2n) is 7.41. The molecule has 0 spiro atoms. The fraction of sp³-hybridized carbons (Fsp3) is 0.333. The number of benzene rings is 2. The summed E-state index contributed by atoms with van der Waals surface area (Å²) in [5, 5.41) is 11.1. The van der Waals surface area contributed by atoms with Crippen molar-refractivity contribution >= 4 is 28.6 Å². The average Bonchev–Trinajstić information content (AvgIpc) is 3.17. The Balaban J connectivity index is 1.35. The normalized spacial score (nSPS) is 18.9. The second-order valence-corrected chi connectivity index (χ2v) is 7.41. The van der Waals surface area contributed by atoms with E-state index in [0.717, 1.165) is 36.3 Å². The number of likely N-dealkylation sites (tertiary alicyclic amines) is 1. The van der Waals surface area contributed by atoms with Crippen LogP contribution < -0.4 is 10.2 Å². The molecule has 1 amide bonds. The lowest BCUT2D eigenvalue weighted by atomic mass is 10.0. The van der Waals surface area contributed by atoms with Crippen LogP contribution in [0, 0.1) is 5.82 Å². The molecule has 1 saturated heterocycles. The van der Waals surface area contributed by atoms with Crippen molar-refractivity contribution in [2.24, 2.45) is 0 Å². The number of rotatable bonds is 5. The minimum Gasteiger partial charge on any atom is -0.465 e. The fourth-order valence-corrected chi connectivity index (χ4v) is 3.92. The van der Waals surface area contributed by atoms with Gasteiger partial charge in [0.05, 0.1) is 43.0 Å². The Labute approximate surface area is 172 Å². The number of hydrogen-bond acceptors (Lipinski definition) is 5. The van der Waals surface area contributed by atoms with Crippen LogP contribution in [0.25, 0.3) is 11.0 Å². The number of para-hydroxylation sites is 1. The maximum absolute atomic E-state index is 13.4. The van der Waals surface area contributed by atoms with Crippen molar-refractivity contribution < 1.29 is 23.6 Å². The van der Waals surface area contributed by atoms with E-state index in [4.69, 9.17) is 4.74 Å². The number of quaternary nitrogens is 1. The van der Waals surface area contributed by atoms with E-state index in [9.17, 15) is 14.0 Å². The lowest BCUT2D eigenvalue weighted by molar-refractivity contribution is -0.897. The third kappa shape index (κ3) is 4.16. The monoisotopic (exact) mass is 412 g/mol. The van der Waals surface area contributed by atoms with Gasteiger partial charge in [0.15, 0.2) is 6.54 Å². The van der Waals surface area contributed by atoms with Crippen molar-refractivity contribution in [2.45, 2.75) is 18.9 Å². The summed E-state index contributed by atoms with van der Waals surface area (Å²) in [6.45, 7) is 1.92. The summed E-state index contributed by atoms with van der Waals surface area (Å²) in [7, 11) is 1.31. The van der Waals surface area contributed by atoms with Gasteiger partial charge in [0, 0.05) is 18.9 Å². The van der Waals surface area contributed by atoms with Gasteiger partial charge in [0.1, 0.15) is 11.3 Å². The Hall–Kier alpha value is -3.33. The number of piperidine rings is 1. The number of esters is 1. The predicted molar refractivity (Wildman–Crippen MR) is 108 cm³/mol. The van der Waals surface area contributed by atoms with Crippen LogP contribution in [-0.2, 0) is 9.53 Å². The zero-order valence-electron chi connectivity index (χ0n) is 16.6. The lowest BCUT2D eigenvalue weighted by Gasteiger charge is -2.29. The summed E-state index contributed by atoms with van der Waals surface area (Å²) in [6, 6.07) is 11.5. The molecule has 9 heteroatoms. The highest BCUT2D eigenvalue weighted by molar-refractivity contribution is 6.01. The molecular formula is C21H23FN5O3+. The predicted octanol–water partition coefficient (Wildman–Crippen LogP) is 1.22. The van der Waals surface area contributed by atoms with Crippen molar-refractivity contribution in [2.75, 3.05) is 32.1 Å². The van der Waals surface area contributed by atoms with Crippen molar-refractivity contribution in [1.29, 1.82) is 0 Å². The molecule has 1 aliphatic rings. The highest BCUT2D eigenvalue weighted by atomic mass is 19.1. The van der Waals surface area contributed by atoms with E-state index in [1.165, 1.54) is 19.2 Å². The SMILES string of the molecule is COC(=O)c1ccccc1NC(=O)C[NH+]1CCC(n2nnc3cc(F)ccc32)CC1. The molecule has 1 aromatic heterocycles. The number of anilines is 1. The minimum absolute atomic E-state index is 0.151. The Morgan fingerprint density at radius 2 is 2.00 bits per heavy atom. The minimum atomic E-state index is -0.487. The Kier molecular flexibility index (Phi) is 5.71. The lowest BCUT2D eigenvalue weighted by Crippen LogP contribution is -3.14. The van der Waals surface area contributed by atoms with Gasteiger partial charge in [-0.05, 0) is 24.3 Å². The molecule has 2 heterocycles. The Morgan fingerprint density at radius 3 is 2.77 bits per heavy atom. The molecule has 3 aromatic rings. The standard InChI is InChI=1S/C21H22FN5O3/c1-30-21(29)16-4-2-3-5-17(16)23-20(28)13-26-10-8-15(9-11-26)27-19-7-6-14(22)12-18(19)24-25-27/h2-7,12,15H,8-11,13H2,1H3,(H,23,28)/p+1. The molecule has 1 aliphatic heterocycles. The Bertz CT molecular complexity index is 1080. The van der Waals surface area contributed by atoms with Crippen LogP contribution in [0.1, 0.15) is 29.2 Å². The number of ether oxygens (including phenoxy) is 1. The molecule has 30 heavy (non-hydrogen) atoms. The molecule has 0 unspecified atom stereocenters. The molecule has 0 atom stereocenters. The number of aromatic nitrogens is 3. The first kappa shape index (κ1) is 20.0. The van der Waals surface area contributed by atoms with Crippen LogP contribution >= 0.6 is 0 Å². The van der Waals surface area contributed by atoms with E-state index in [1.807, 2.05) is 4.68 Å². The van der Waals surface area contributed by atoms with Gasteiger partial charge >= 0.3 is 5.97 Å². The summed E-state index contributed by atoms with van der Waals surface area (Å²) in [4.78, 5) is 25.5. The molecule has 4 rings (SSSR count). The van der Waals surface area contributed by atoms with Gasteiger partial charge in [-0.15, -0.1) is 5.10 Å². The highest BCUT2D eigenvalue weighted by Gasteiger charge is 2.27. The number of hydrogen-bond donors (Lipinski definition) is 2. The molecule has 0 saturated carbocycles. The molecule has 8 nitrogen and oxygen atoms in total. The maximum atomic E-state index is 13.4. The maximum Gasteiger partial charge on any atom is 0.339 e. The van der Waals surface area contributed by atoms with E-state index < -0.39 is 5.97 Å². The molecule has 1 fully saturated rings. The van der Waals surface area contributed by atoms with Gasteiger partial charge in [0.25, 0.3) is 5.91 Å². The van der Waals surface area contributed by atoms with E-state index in [1.54, 1.807) is 30.3 Å². The zero-order valence-corrected chi connectivity index (χ0v) is 16.6. The van der Waals surface area contributed by atoms with Crippen molar-refractivity contribution in [3.05, 3.63) is 53.8 Å². The number of carbonyl (C=O) groups excluding carboxylic acids is 2.